The first-order valence-corrected chi connectivity index (χ1v) is 10.4. The zero-order valence-electron chi connectivity index (χ0n) is 16.9. The number of nitrogens with two attached hydrogens (primary N) is 1. The number of nitrogens with zero attached hydrogens (tertiary/aromatic N) is 2. The number of hydrogen-bond acceptors (Lipinski definition) is 5. The van der Waals surface area contributed by atoms with Crippen molar-refractivity contribution in [1.82, 2.24) is 10.2 Å². The topological polar surface area (TPSA) is 113 Å². The number of imide groups is 1. The summed E-state index contributed by atoms with van der Waals surface area (Å²) >= 11 is 0. The summed E-state index contributed by atoms with van der Waals surface area (Å²) in [4.78, 5) is 53.2. The van der Waals surface area contributed by atoms with E-state index in [2.05, 4.69) is 5.32 Å². The maximum absolute atomic E-state index is 13.3. The van der Waals surface area contributed by atoms with Gasteiger partial charge in [0.1, 0.15) is 6.04 Å². The second-order valence-corrected chi connectivity index (χ2v) is 8.22. The third kappa shape index (κ3) is 3.24. The Balaban J connectivity index is 1.42. The molecule has 1 fully saturated rings. The number of carbonyl (C=O) groups is 4. The molecule has 1 saturated heterocycles. The molecule has 31 heavy (non-hydrogen) atoms. The number of nitrogens with one attached hydrogen (secondary N) is 1. The Morgan fingerprint density at radius 1 is 1.03 bits per heavy atom. The Kier molecular flexibility index (Phi) is 4.50. The van der Waals surface area contributed by atoms with Crippen LogP contribution in [-0.2, 0) is 22.6 Å². The Labute approximate surface area is 179 Å². The summed E-state index contributed by atoms with van der Waals surface area (Å²) < 4.78 is 0. The van der Waals surface area contributed by atoms with Crippen LogP contribution in [0.1, 0.15) is 51.1 Å². The van der Waals surface area contributed by atoms with Gasteiger partial charge in [-0.2, -0.15) is 0 Å². The minimum Gasteiger partial charge on any atom is -0.399 e. The largest absolute Gasteiger partial charge is 0.399 e. The lowest BCUT2D eigenvalue weighted by atomic mass is 9.99. The molecule has 1 unspecified atom stereocenters. The van der Waals surface area contributed by atoms with Gasteiger partial charge in [-0.3, -0.25) is 24.5 Å². The summed E-state index contributed by atoms with van der Waals surface area (Å²) in [5, 5.41) is 2.30. The number of benzene rings is 2. The quantitative estimate of drug-likeness (QED) is 0.569. The molecule has 3 aliphatic rings. The lowest BCUT2D eigenvalue weighted by Crippen LogP contribution is -2.52. The van der Waals surface area contributed by atoms with E-state index in [9.17, 15) is 19.2 Å². The van der Waals surface area contributed by atoms with E-state index in [1.807, 2.05) is 18.2 Å². The number of fused-ring (bicyclic) bond motifs is 2. The summed E-state index contributed by atoms with van der Waals surface area (Å²) in [6.07, 6.45) is 2.26. The molecule has 158 valence electrons. The summed E-state index contributed by atoms with van der Waals surface area (Å²) in [5.41, 5.74) is 10.1. The molecule has 0 saturated carbocycles. The monoisotopic (exact) mass is 418 g/mol. The molecule has 0 radical (unpaired) electrons. The molecule has 0 bridgehead atoms. The Bertz CT molecular complexity index is 1140. The Morgan fingerprint density at radius 3 is 2.65 bits per heavy atom. The molecule has 2 aromatic carbocycles. The summed E-state index contributed by atoms with van der Waals surface area (Å²) in [7, 11) is 0. The van der Waals surface area contributed by atoms with Gasteiger partial charge in [-0.05, 0) is 54.7 Å². The Morgan fingerprint density at radius 2 is 1.84 bits per heavy atom. The maximum Gasteiger partial charge on any atom is 0.258 e. The first-order valence-electron chi connectivity index (χ1n) is 10.4. The van der Waals surface area contributed by atoms with Crippen LogP contribution in [0.25, 0.3) is 0 Å². The number of rotatable bonds is 2. The second-order valence-electron chi connectivity index (χ2n) is 8.22. The number of hydrogen-bond donors (Lipinski definition) is 2. The van der Waals surface area contributed by atoms with E-state index >= 15 is 0 Å². The highest BCUT2D eigenvalue weighted by atomic mass is 16.2. The van der Waals surface area contributed by atoms with E-state index in [0.717, 1.165) is 29.7 Å². The van der Waals surface area contributed by atoms with Crippen molar-refractivity contribution < 1.29 is 19.2 Å². The molecular formula is C23H22N4O4. The first kappa shape index (κ1) is 19.3. The average molecular weight is 418 g/mol. The summed E-state index contributed by atoms with van der Waals surface area (Å²) in [6, 6.07) is 10.0. The first-order chi connectivity index (χ1) is 14.9. The van der Waals surface area contributed by atoms with E-state index in [4.69, 9.17) is 5.73 Å². The van der Waals surface area contributed by atoms with Gasteiger partial charge in [-0.1, -0.05) is 12.1 Å². The molecule has 0 aliphatic carbocycles. The van der Waals surface area contributed by atoms with Crippen molar-refractivity contribution in [2.24, 2.45) is 0 Å². The van der Waals surface area contributed by atoms with Gasteiger partial charge < -0.3 is 15.5 Å². The lowest BCUT2D eigenvalue weighted by molar-refractivity contribution is -0.136. The smallest absolute Gasteiger partial charge is 0.258 e. The van der Waals surface area contributed by atoms with E-state index in [0.29, 0.717) is 29.8 Å². The SMILES string of the molecule is Nc1ccc2c(c1)N(C(=O)c1ccc3c(c1)C(=O)N(C1CCC(=O)NC1=O)C3)CCC2. The highest BCUT2D eigenvalue weighted by Crippen LogP contribution is 2.32. The molecule has 8 nitrogen and oxygen atoms in total. The van der Waals surface area contributed by atoms with Gasteiger partial charge in [-0.15, -0.1) is 0 Å². The predicted molar refractivity (Wildman–Crippen MR) is 113 cm³/mol. The fourth-order valence-electron chi connectivity index (χ4n) is 4.65. The fraction of sp³-hybridized carbons (Fsp3) is 0.304. The molecule has 3 aliphatic heterocycles. The molecular weight excluding hydrogens is 396 g/mol. The van der Waals surface area contributed by atoms with Crippen molar-refractivity contribution in [3.63, 3.8) is 0 Å². The van der Waals surface area contributed by atoms with Crippen LogP contribution in [-0.4, -0.2) is 41.1 Å². The van der Waals surface area contributed by atoms with Crippen molar-refractivity contribution in [3.05, 3.63) is 58.7 Å². The standard InChI is InChI=1S/C23H22N4O4/c24-16-6-5-13-2-1-9-26(19(13)11-16)22(30)14-3-4-15-12-27(23(31)17(15)10-14)18-7-8-20(28)25-21(18)29/h3-6,10-11,18H,1-2,7-9,12,24H2,(H,25,28,29). The minimum absolute atomic E-state index is 0.179. The van der Waals surface area contributed by atoms with Gasteiger partial charge in [0.25, 0.3) is 11.8 Å². The van der Waals surface area contributed by atoms with Gasteiger partial charge >= 0.3 is 0 Å². The fourth-order valence-corrected chi connectivity index (χ4v) is 4.65. The van der Waals surface area contributed by atoms with Crippen molar-refractivity contribution >= 4 is 35.0 Å². The van der Waals surface area contributed by atoms with Crippen LogP contribution in [0, 0.1) is 0 Å². The number of amides is 4. The van der Waals surface area contributed by atoms with Crippen molar-refractivity contribution in [2.75, 3.05) is 17.2 Å². The number of piperidine rings is 1. The number of aryl methyl sites for hydroxylation is 1. The van der Waals surface area contributed by atoms with Crippen LogP contribution in [0.5, 0.6) is 0 Å². The molecule has 5 rings (SSSR count). The highest BCUT2D eigenvalue weighted by molar-refractivity contribution is 6.10. The van der Waals surface area contributed by atoms with E-state index in [-0.39, 0.29) is 30.7 Å². The third-order valence-corrected chi connectivity index (χ3v) is 6.25. The van der Waals surface area contributed by atoms with E-state index in [1.54, 1.807) is 23.1 Å². The number of anilines is 2. The molecule has 3 N–H and O–H groups in total. The van der Waals surface area contributed by atoms with Gasteiger partial charge in [0, 0.05) is 42.0 Å². The second kappa shape index (κ2) is 7.23. The highest BCUT2D eigenvalue weighted by Gasteiger charge is 2.39. The van der Waals surface area contributed by atoms with Crippen molar-refractivity contribution in [1.29, 1.82) is 0 Å². The van der Waals surface area contributed by atoms with E-state index in [1.165, 1.54) is 4.90 Å². The van der Waals surface area contributed by atoms with E-state index < -0.39 is 11.9 Å². The predicted octanol–water partition coefficient (Wildman–Crippen LogP) is 1.62. The summed E-state index contributed by atoms with van der Waals surface area (Å²) in [6.45, 7) is 0.876. The van der Waals surface area contributed by atoms with Crippen LogP contribution in [0.4, 0.5) is 11.4 Å². The number of carbonyl (C=O) groups excluding carboxylic acids is 4. The average Bonchev–Trinajstić information content (AvgIpc) is 3.08. The van der Waals surface area contributed by atoms with Crippen molar-refractivity contribution in [3.8, 4) is 0 Å². The molecule has 8 heteroatoms. The lowest BCUT2D eigenvalue weighted by Gasteiger charge is -2.30. The van der Waals surface area contributed by atoms with Gasteiger partial charge in [0.15, 0.2) is 0 Å². The molecule has 1 atom stereocenters. The minimum atomic E-state index is -0.673. The van der Waals surface area contributed by atoms with Crippen molar-refractivity contribution in [2.45, 2.75) is 38.3 Å². The molecule has 4 amide bonds. The van der Waals surface area contributed by atoms with Crippen LogP contribution in [0.3, 0.4) is 0 Å². The van der Waals surface area contributed by atoms with Gasteiger partial charge in [0.2, 0.25) is 11.8 Å². The zero-order chi connectivity index (χ0) is 21.7. The molecule has 0 aromatic heterocycles. The molecule has 3 heterocycles. The normalized spacial score (nSPS) is 20.4. The van der Waals surface area contributed by atoms with Crippen LogP contribution < -0.4 is 16.0 Å². The van der Waals surface area contributed by atoms with Crippen LogP contribution >= 0.6 is 0 Å². The van der Waals surface area contributed by atoms with Crippen LogP contribution in [0.15, 0.2) is 36.4 Å². The maximum atomic E-state index is 13.3. The van der Waals surface area contributed by atoms with Gasteiger partial charge in [0.05, 0.1) is 0 Å². The summed E-state index contributed by atoms with van der Waals surface area (Å²) in [5.74, 6) is -1.24. The third-order valence-electron chi connectivity index (χ3n) is 6.25. The number of nitrogen functional groups attached to an aromatic ring is 1. The van der Waals surface area contributed by atoms with Gasteiger partial charge in [-0.25, -0.2) is 0 Å². The van der Waals surface area contributed by atoms with Crippen LogP contribution in [0.2, 0.25) is 0 Å². The Hall–Kier alpha value is -3.68. The zero-order valence-corrected chi connectivity index (χ0v) is 16.9. The molecule has 0 spiro atoms. The molecule has 2 aromatic rings.